The van der Waals surface area contributed by atoms with E-state index in [4.69, 9.17) is 46.4 Å². The van der Waals surface area contributed by atoms with Crippen molar-refractivity contribution in [2.24, 2.45) is 5.84 Å². The Labute approximate surface area is 125 Å². The molecule has 0 bridgehead atoms. The third-order valence-electron chi connectivity index (χ3n) is 2.67. The Bertz CT molecular complexity index is 604. The topological polar surface area (TPSA) is 77.0 Å². The molecule has 0 saturated carbocycles. The number of halogens is 3. The first-order chi connectivity index (χ1) is 9.02. The summed E-state index contributed by atoms with van der Waals surface area (Å²) in [7, 11) is 0. The predicted molar refractivity (Wildman–Crippen MR) is 79.3 cm³/mol. The molecule has 1 atom stereocenters. The molecule has 19 heavy (non-hydrogen) atoms. The molecular formula is C12H11Cl3N4. The Kier molecular flexibility index (Phi) is 4.50. The van der Waals surface area contributed by atoms with Crippen molar-refractivity contribution in [2.75, 3.05) is 5.73 Å². The van der Waals surface area contributed by atoms with Crippen LogP contribution >= 0.6 is 34.8 Å². The maximum atomic E-state index is 6.00. The van der Waals surface area contributed by atoms with Crippen LogP contribution in [0.25, 0.3) is 0 Å². The molecule has 0 radical (unpaired) electrons. The Morgan fingerprint density at radius 1 is 1.11 bits per heavy atom. The number of anilines is 1. The lowest BCUT2D eigenvalue weighted by molar-refractivity contribution is 0.637. The Morgan fingerprint density at radius 2 is 1.84 bits per heavy atom. The molecule has 2 aromatic rings. The summed E-state index contributed by atoms with van der Waals surface area (Å²) >= 11 is 17.8. The maximum Gasteiger partial charge on any atom is 0.128 e. The van der Waals surface area contributed by atoms with Gasteiger partial charge in [0, 0.05) is 11.8 Å². The summed E-state index contributed by atoms with van der Waals surface area (Å²) < 4.78 is 0. The van der Waals surface area contributed by atoms with Gasteiger partial charge in [-0.2, -0.15) is 0 Å². The second-order valence-corrected chi connectivity index (χ2v) is 5.15. The number of nitrogen functional groups attached to an aromatic ring is 1. The summed E-state index contributed by atoms with van der Waals surface area (Å²) in [4.78, 5) is 4.00. The fraction of sp³-hybridized carbons (Fsp3) is 0.0833. The van der Waals surface area contributed by atoms with Gasteiger partial charge in [-0.05, 0) is 23.8 Å². The number of hydrogen-bond acceptors (Lipinski definition) is 4. The van der Waals surface area contributed by atoms with Crippen molar-refractivity contribution >= 4 is 40.6 Å². The number of nitrogens with two attached hydrogens (primary N) is 2. The zero-order valence-corrected chi connectivity index (χ0v) is 12.0. The van der Waals surface area contributed by atoms with Gasteiger partial charge in [0.2, 0.25) is 0 Å². The maximum absolute atomic E-state index is 6.00. The van der Waals surface area contributed by atoms with Crippen molar-refractivity contribution in [2.45, 2.75) is 6.04 Å². The number of benzene rings is 1. The molecule has 1 aromatic carbocycles. The molecule has 5 N–H and O–H groups in total. The standard InChI is InChI=1S/C12H11Cl3N4/c13-7-4-8(12(16)18-5-7)11(19-17)6-1-2-9(14)10(15)3-6/h1-5,11,19H,17H2,(H2,16,18). The lowest BCUT2D eigenvalue weighted by atomic mass is 10.00. The van der Waals surface area contributed by atoms with E-state index in [-0.39, 0.29) is 6.04 Å². The van der Waals surface area contributed by atoms with Crippen LogP contribution in [0.2, 0.25) is 15.1 Å². The second kappa shape index (κ2) is 5.94. The third kappa shape index (κ3) is 3.11. The van der Waals surface area contributed by atoms with Gasteiger partial charge in [0.05, 0.1) is 21.1 Å². The van der Waals surface area contributed by atoms with Gasteiger partial charge >= 0.3 is 0 Å². The quantitative estimate of drug-likeness (QED) is 0.600. The highest BCUT2D eigenvalue weighted by Crippen LogP contribution is 2.31. The van der Waals surface area contributed by atoms with Crippen molar-refractivity contribution < 1.29 is 0 Å². The molecule has 0 aliphatic carbocycles. The summed E-state index contributed by atoms with van der Waals surface area (Å²) in [5.74, 6) is 5.94. The number of hydrogen-bond donors (Lipinski definition) is 3. The third-order valence-corrected chi connectivity index (χ3v) is 3.62. The fourth-order valence-electron chi connectivity index (χ4n) is 1.75. The van der Waals surface area contributed by atoms with Crippen molar-refractivity contribution in [1.82, 2.24) is 10.4 Å². The highest BCUT2D eigenvalue weighted by Gasteiger charge is 2.17. The van der Waals surface area contributed by atoms with Crippen molar-refractivity contribution in [3.63, 3.8) is 0 Å². The smallest absolute Gasteiger partial charge is 0.128 e. The van der Waals surface area contributed by atoms with Gasteiger partial charge < -0.3 is 5.73 Å². The lowest BCUT2D eigenvalue weighted by Crippen LogP contribution is -2.29. The fourth-order valence-corrected chi connectivity index (χ4v) is 2.23. The van der Waals surface area contributed by atoms with Crippen molar-refractivity contribution in [1.29, 1.82) is 0 Å². The number of nitrogens with zero attached hydrogens (tertiary/aromatic N) is 1. The van der Waals surface area contributed by atoms with Crippen LogP contribution in [0.1, 0.15) is 17.2 Å². The van der Waals surface area contributed by atoms with E-state index < -0.39 is 0 Å². The van der Waals surface area contributed by atoms with Gasteiger partial charge in [-0.25, -0.2) is 10.4 Å². The van der Waals surface area contributed by atoms with E-state index in [2.05, 4.69) is 10.4 Å². The Hall–Kier alpha value is -1.04. The Balaban J connectivity index is 2.49. The Morgan fingerprint density at radius 3 is 2.47 bits per heavy atom. The number of pyridine rings is 1. The molecule has 100 valence electrons. The molecular weight excluding hydrogens is 307 g/mol. The van der Waals surface area contributed by atoms with Crippen LogP contribution in [-0.2, 0) is 0 Å². The van der Waals surface area contributed by atoms with Gasteiger partial charge in [0.25, 0.3) is 0 Å². The SMILES string of the molecule is NNC(c1ccc(Cl)c(Cl)c1)c1cc(Cl)cnc1N. The largest absolute Gasteiger partial charge is 0.383 e. The average molecular weight is 318 g/mol. The number of rotatable bonds is 3. The molecule has 1 unspecified atom stereocenters. The molecule has 1 aromatic heterocycles. The van der Waals surface area contributed by atoms with Crippen LogP contribution in [0, 0.1) is 0 Å². The number of nitrogens with one attached hydrogen (secondary N) is 1. The molecule has 0 saturated heterocycles. The molecule has 0 fully saturated rings. The van der Waals surface area contributed by atoms with E-state index in [1.54, 1.807) is 24.3 Å². The van der Waals surface area contributed by atoms with E-state index in [9.17, 15) is 0 Å². The molecule has 7 heteroatoms. The van der Waals surface area contributed by atoms with Crippen LogP contribution in [-0.4, -0.2) is 4.98 Å². The summed E-state index contributed by atoms with van der Waals surface area (Å²) in [6.45, 7) is 0. The highest BCUT2D eigenvalue weighted by atomic mass is 35.5. The first-order valence-electron chi connectivity index (χ1n) is 5.35. The summed E-state index contributed by atoms with van der Waals surface area (Å²) in [5.41, 5.74) is 10.0. The summed E-state index contributed by atoms with van der Waals surface area (Å²) in [6.07, 6.45) is 1.48. The lowest BCUT2D eigenvalue weighted by Gasteiger charge is -2.18. The van der Waals surface area contributed by atoms with Gasteiger partial charge in [-0.3, -0.25) is 5.84 Å². The molecule has 0 amide bonds. The van der Waals surface area contributed by atoms with Gasteiger partial charge in [0.15, 0.2) is 0 Å². The minimum Gasteiger partial charge on any atom is -0.383 e. The van der Waals surface area contributed by atoms with E-state index in [0.29, 0.717) is 26.4 Å². The van der Waals surface area contributed by atoms with Crippen LogP contribution < -0.4 is 17.0 Å². The van der Waals surface area contributed by atoms with Crippen LogP contribution in [0.5, 0.6) is 0 Å². The summed E-state index contributed by atoms with van der Waals surface area (Å²) in [6, 6.07) is 6.55. The number of aromatic nitrogens is 1. The van der Waals surface area contributed by atoms with Crippen molar-refractivity contribution in [3.05, 3.63) is 56.7 Å². The van der Waals surface area contributed by atoms with Crippen LogP contribution in [0.4, 0.5) is 5.82 Å². The first kappa shape index (κ1) is 14.4. The van der Waals surface area contributed by atoms with Gasteiger partial charge in [-0.15, -0.1) is 0 Å². The highest BCUT2D eigenvalue weighted by molar-refractivity contribution is 6.42. The number of hydrazine groups is 1. The van der Waals surface area contributed by atoms with E-state index in [1.165, 1.54) is 6.20 Å². The summed E-state index contributed by atoms with van der Waals surface area (Å²) in [5, 5.41) is 1.39. The van der Waals surface area contributed by atoms with Gasteiger partial charge in [-0.1, -0.05) is 40.9 Å². The normalized spacial score (nSPS) is 12.4. The molecule has 0 aliphatic rings. The average Bonchev–Trinajstić information content (AvgIpc) is 2.38. The minimum atomic E-state index is -0.374. The van der Waals surface area contributed by atoms with Gasteiger partial charge in [0.1, 0.15) is 5.82 Å². The molecule has 1 heterocycles. The second-order valence-electron chi connectivity index (χ2n) is 3.90. The van der Waals surface area contributed by atoms with Crippen LogP contribution in [0.15, 0.2) is 30.5 Å². The monoisotopic (exact) mass is 316 g/mol. The zero-order chi connectivity index (χ0) is 14.0. The van der Waals surface area contributed by atoms with E-state index >= 15 is 0 Å². The molecule has 2 rings (SSSR count). The predicted octanol–water partition coefficient (Wildman–Crippen LogP) is 3.18. The molecule has 4 nitrogen and oxygen atoms in total. The van der Waals surface area contributed by atoms with Crippen LogP contribution in [0.3, 0.4) is 0 Å². The molecule has 0 aliphatic heterocycles. The minimum absolute atomic E-state index is 0.346. The first-order valence-corrected chi connectivity index (χ1v) is 6.48. The van der Waals surface area contributed by atoms with Crippen molar-refractivity contribution in [3.8, 4) is 0 Å². The zero-order valence-electron chi connectivity index (χ0n) is 9.70. The molecule has 0 spiro atoms. The van der Waals surface area contributed by atoms with E-state index in [0.717, 1.165) is 5.56 Å². The van der Waals surface area contributed by atoms with E-state index in [1.807, 2.05) is 0 Å².